The number of hydrogen-bond acceptors (Lipinski definition) is 9. The zero-order chi connectivity index (χ0) is 26.9. The molecule has 2 atom stereocenters. The molecule has 0 fully saturated rings. The van der Waals surface area contributed by atoms with E-state index in [-0.39, 0.29) is 17.7 Å². The first-order valence-electron chi connectivity index (χ1n) is 11.4. The summed E-state index contributed by atoms with van der Waals surface area (Å²) in [5, 5.41) is 20.2. The molecule has 0 spiro atoms. The number of esters is 1. The molecule has 0 saturated carbocycles. The van der Waals surface area contributed by atoms with Crippen LogP contribution in [0.3, 0.4) is 0 Å². The van der Waals surface area contributed by atoms with Crippen molar-refractivity contribution in [2.24, 2.45) is 0 Å². The zero-order valence-electron chi connectivity index (χ0n) is 20.6. The molecule has 0 aliphatic heterocycles. The van der Waals surface area contributed by atoms with Crippen molar-refractivity contribution in [1.82, 2.24) is 0 Å². The number of nitro benzene ring substituents is 1. The average molecular weight is 622 g/mol. The summed E-state index contributed by atoms with van der Waals surface area (Å²) >= 11 is 2.20. The van der Waals surface area contributed by atoms with E-state index >= 15 is 0 Å². The molecule has 0 bridgehead atoms. The number of nitriles is 1. The molecule has 37 heavy (non-hydrogen) atoms. The molecule has 0 radical (unpaired) electrons. The summed E-state index contributed by atoms with van der Waals surface area (Å²) in [5.41, 5.74) is 1.76. The van der Waals surface area contributed by atoms with Gasteiger partial charge in [-0.15, -0.1) is 0 Å². The fourth-order valence-electron chi connectivity index (χ4n) is 3.94. The van der Waals surface area contributed by atoms with Crippen LogP contribution in [0.15, 0.2) is 48.0 Å². The molecule has 2 aromatic rings. The maximum absolute atomic E-state index is 12.6. The number of hydrogen-bond donors (Lipinski definition) is 0. The quantitative estimate of drug-likeness (QED) is 0.0851. The third-order valence-electron chi connectivity index (χ3n) is 5.92. The van der Waals surface area contributed by atoms with E-state index in [0.717, 1.165) is 9.13 Å². The Morgan fingerprint density at radius 1 is 1.16 bits per heavy atom. The second kappa shape index (κ2) is 13.4. The van der Waals surface area contributed by atoms with Crippen LogP contribution in [0, 0.1) is 25.0 Å². The Labute approximate surface area is 228 Å². The minimum atomic E-state index is -0.596. The second-order valence-corrected chi connectivity index (χ2v) is 9.26. The van der Waals surface area contributed by atoms with Crippen LogP contribution in [0.5, 0.6) is 11.5 Å². The minimum absolute atomic E-state index is 0.101. The van der Waals surface area contributed by atoms with E-state index in [1.165, 1.54) is 24.3 Å². The molecular formula is C26H27IN2O8. The molecule has 196 valence electrons. The number of carbonyl (C=O) groups is 1. The summed E-state index contributed by atoms with van der Waals surface area (Å²) in [7, 11) is 4.72. The second-order valence-electron chi connectivity index (χ2n) is 8.18. The summed E-state index contributed by atoms with van der Waals surface area (Å²) in [6.45, 7) is 0. The zero-order valence-corrected chi connectivity index (χ0v) is 22.8. The summed E-state index contributed by atoms with van der Waals surface area (Å²) in [6, 6.07) is 11.1. The van der Waals surface area contributed by atoms with Gasteiger partial charge in [-0.05, 0) is 70.8 Å². The Hall–Kier alpha value is -3.21. The molecule has 0 saturated heterocycles. The number of methoxy groups -OCH3 is 3. The van der Waals surface area contributed by atoms with E-state index in [0.29, 0.717) is 36.3 Å². The first-order chi connectivity index (χ1) is 17.8. The topological polar surface area (TPSA) is 130 Å². The van der Waals surface area contributed by atoms with Gasteiger partial charge in [-0.25, -0.2) is 4.79 Å². The third kappa shape index (κ3) is 7.18. The van der Waals surface area contributed by atoms with Crippen molar-refractivity contribution in [2.75, 3.05) is 21.3 Å². The lowest BCUT2D eigenvalue weighted by Crippen LogP contribution is -2.30. The van der Waals surface area contributed by atoms with Gasteiger partial charge < -0.3 is 23.7 Å². The maximum Gasteiger partial charge on any atom is 0.338 e. The summed E-state index contributed by atoms with van der Waals surface area (Å²) in [5.74, 6) is 0.519. The van der Waals surface area contributed by atoms with E-state index in [9.17, 15) is 20.2 Å². The first kappa shape index (κ1) is 28.4. The maximum atomic E-state index is 12.6. The lowest BCUT2D eigenvalue weighted by atomic mass is 9.92. The van der Waals surface area contributed by atoms with Crippen LogP contribution in [0.25, 0.3) is 0 Å². The van der Waals surface area contributed by atoms with Crippen molar-refractivity contribution in [1.29, 1.82) is 5.26 Å². The number of ether oxygens (including phenoxy) is 5. The Balaban J connectivity index is 1.79. The van der Waals surface area contributed by atoms with E-state index in [4.69, 9.17) is 23.7 Å². The lowest BCUT2D eigenvalue weighted by molar-refractivity contribution is -0.384. The minimum Gasteiger partial charge on any atom is -0.493 e. The van der Waals surface area contributed by atoms with E-state index in [1.807, 2.05) is 12.1 Å². The van der Waals surface area contributed by atoms with E-state index in [1.54, 1.807) is 27.4 Å². The van der Waals surface area contributed by atoms with Crippen molar-refractivity contribution >= 4 is 34.2 Å². The molecule has 0 N–H and O–H groups in total. The SMILES string of the molecule is COc1ccc(CC(OC)OC)c(I)c1O[C@H]1CC[C@H](OC(=O)c2ccc([N+](=O)[O-])cc2)C=C1CC#N. The van der Waals surface area contributed by atoms with Gasteiger partial charge in [0.2, 0.25) is 0 Å². The molecule has 11 heteroatoms. The molecule has 0 amide bonds. The first-order valence-corrected chi connectivity index (χ1v) is 12.5. The molecule has 3 rings (SSSR count). The normalized spacial score (nSPS) is 17.0. The van der Waals surface area contributed by atoms with Crippen molar-refractivity contribution in [3.8, 4) is 17.6 Å². The smallest absolute Gasteiger partial charge is 0.338 e. The van der Waals surface area contributed by atoms with Crippen LogP contribution in [0.1, 0.15) is 35.2 Å². The number of rotatable bonds is 11. The van der Waals surface area contributed by atoms with Crippen LogP contribution < -0.4 is 9.47 Å². The van der Waals surface area contributed by atoms with E-state index in [2.05, 4.69) is 28.7 Å². The largest absolute Gasteiger partial charge is 0.493 e. The highest BCUT2D eigenvalue weighted by Gasteiger charge is 2.29. The molecular weight excluding hydrogens is 595 g/mol. The summed E-state index contributed by atoms with van der Waals surface area (Å²) in [6.07, 6.45) is 1.97. The Kier molecular flexibility index (Phi) is 10.2. The fraction of sp³-hybridized carbons (Fsp3) is 0.385. The molecule has 0 heterocycles. The van der Waals surface area contributed by atoms with Crippen molar-refractivity contribution < 1.29 is 33.4 Å². The van der Waals surface area contributed by atoms with Crippen LogP contribution in [-0.4, -0.2) is 50.7 Å². The van der Waals surface area contributed by atoms with Crippen LogP contribution in [0.2, 0.25) is 0 Å². The monoisotopic (exact) mass is 622 g/mol. The Bertz CT molecular complexity index is 1190. The van der Waals surface area contributed by atoms with Crippen LogP contribution in [-0.2, 0) is 20.6 Å². The van der Waals surface area contributed by atoms with Gasteiger partial charge in [0.1, 0.15) is 12.2 Å². The van der Waals surface area contributed by atoms with Crippen molar-refractivity contribution in [2.45, 2.75) is 44.2 Å². The lowest BCUT2D eigenvalue weighted by Gasteiger charge is -2.29. The molecule has 0 aromatic heterocycles. The Morgan fingerprint density at radius 3 is 2.46 bits per heavy atom. The highest BCUT2D eigenvalue weighted by molar-refractivity contribution is 14.1. The summed E-state index contributed by atoms with van der Waals surface area (Å²) in [4.78, 5) is 22.9. The van der Waals surface area contributed by atoms with Gasteiger partial charge in [0.05, 0.1) is 33.7 Å². The molecule has 10 nitrogen and oxygen atoms in total. The standard InChI is InChI=1S/C26H27IN2O8/c1-33-22-10-6-18(15-23(34-2)35-3)24(27)25(22)37-21-11-9-20(14-17(21)12-13-28)36-26(30)16-4-7-19(8-5-16)29(31)32/h4-8,10,14,20-21,23H,9,11-12,15H2,1-3H3/t20-,21-/m0/s1. The summed E-state index contributed by atoms with van der Waals surface area (Å²) < 4.78 is 29.0. The van der Waals surface area contributed by atoms with Crippen LogP contribution >= 0.6 is 22.6 Å². The molecule has 2 aromatic carbocycles. The van der Waals surface area contributed by atoms with E-state index < -0.39 is 29.4 Å². The molecule has 0 unspecified atom stereocenters. The number of non-ortho nitro benzene ring substituents is 1. The predicted octanol–water partition coefficient (Wildman–Crippen LogP) is 4.98. The van der Waals surface area contributed by atoms with Crippen LogP contribution in [0.4, 0.5) is 5.69 Å². The van der Waals surface area contributed by atoms with Gasteiger partial charge in [0.25, 0.3) is 5.69 Å². The average Bonchev–Trinajstić information content (AvgIpc) is 2.90. The van der Waals surface area contributed by atoms with Crippen molar-refractivity contribution in [3.05, 3.63) is 72.9 Å². The molecule has 1 aliphatic carbocycles. The van der Waals surface area contributed by atoms with Gasteiger partial charge in [-0.3, -0.25) is 10.1 Å². The number of nitro groups is 1. The molecule has 1 aliphatic rings. The Morgan fingerprint density at radius 2 is 1.86 bits per heavy atom. The van der Waals surface area contributed by atoms with Gasteiger partial charge in [-0.1, -0.05) is 6.07 Å². The number of carbonyl (C=O) groups excluding carboxylic acids is 1. The highest BCUT2D eigenvalue weighted by Crippen LogP contribution is 2.38. The van der Waals surface area contributed by atoms with Crippen molar-refractivity contribution in [3.63, 3.8) is 0 Å². The number of benzene rings is 2. The van der Waals surface area contributed by atoms with Gasteiger partial charge in [0.15, 0.2) is 17.8 Å². The highest BCUT2D eigenvalue weighted by atomic mass is 127. The number of halogens is 1. The number of nitrogens with zero attached hydrogens (tertiary/aromatic N) is 2. The van der Waals surface area contributed by atoms with Gasteiger partial charge >= 0.3 is 5.97 Å². The fourth-order valence-corrected chi connectivity index (χ4v) is 4.73. The predicted molar refractivity (Wildman–Crippen MR) is 141 cm³/mol. The van der Waals surface area contributed by atoms with Gasteiger partial charge in [-0.2, -0.15) is 5.26 Å². The van der Waals surface area contributed by atoms with Gasteiger partial charge in [0, 0.05) is 32.8 Å². The third-order valence-corrected chi connectivity index (χ3v) is 7.10.